The van der Waals surface area contributed by atoms with Crippen LogP contribution >= 0.6 is 11.6 Å². The van der Waals surface area contributed by atoms with Gasteiger partial charge in [0.05, 0.1) is 23.2 Å². The largest absolute Gasteiger partial charge is 0.490 e. The number of carbonyl (C=O) groups is 1. The first-order valence-electron chi connectivity index (χ1n) is 11.9. The van der Waals surface area contributed by atoms with Crippen molar-refractivity contribution < 1.29 is 35.9 Å². The molecule has 5 rings (SSSR count). The lowest BCUT2D eigenvalue weighted by molar-refractivity contribution is -0.143. The van der Waals surface area contributed by atoms with Crippen molar-refractivity contribution in [1.29, 1.82) is 0 Å². The van der Waals surface area contributed by atoms with Crippen molar-refractivity contribution in [2.75, 3.05) is 13.7 Å². The van der Waals surface area contributed by atoms with Crippen LogP contribution in [-0.2, 0) is 25.4 Å². The van der Waals surface area contributed by atoms with Crippen LogP contribution < -0.4 is 10.3 Å². The van der Waals surface area contributed by atoms with Crippen LogP contribution in [0.2, 0.25) is 5.02 Å². The molecule has 0 spiro atoms. The Bertz CT molecular complexity index is 1680. The Hall–Kier alpha value is -3.99. The molecule has 0 saturated carbocycles. The third-order valence-electron chi connectivity index (χ3n) is 6.56. The lowest BCUT2D eigenvalue weighted by Gasteiger charge is -2.25. The summed E-state index contributed by atoms with van der Waals surface area (Å²) in [7, 11) is 1.21. The summed E-state index contributed by atoms with van der Waals surface area (Å²) >= 11 is 6.20. The molecule has 5 nitrogen and oxygen atoms in total. The minimum Gasteiger partial charge on any atom is -0.490 e. The van der Waals surface area contributed by atoms with Crippen LogP contribution in [0.25, 0.3) is 22.0 Å². The van der Waals surface area contributed by atoms with E-state index in [0.717, 1.165) is 4.90 Å². The number of para-hydroxylation sites is 1. The number of benzene rings is 3. The van der Waals surface area contributed by atoms with Crippen molar-refractivity contribution in [3.8, 4) is 16.9 Å². The Morgan fingerprint density at radius 3 is 2.25 bits per heavy atom. The van der Waals surface area contributed by atoms with E-state index in [9.17, 15) is 35.9 Å². The molecule has 0 atom stereocenters. The molecule has 0 saturated heterocycles. The smallest absolute Gasteiger partial charge is 0.416 e. The van der Waals surface area contributed by atoms with E-state index in [2.05, 4.69) is 0 Å². The van der Waals surface area contributed by atoms with E-state index in [1.165, 1.54) is 11.6 Å². The summed E-state index contributed by atoms with van der Waals surface area (Å²) < 4.78 is 87.4. The van der Waals surface area contributed by atoms with E-state index in [1.807, 2.05) is 0 Å². The number of hydrogen-bond donors (Lipinski definition) is 0. The van der Waals surface area contributed by atoms with Crippen LogP contribution in [0.3, 0.4) is 0 Å². The average molecular weight is 581 g/mol. The first-order chi connectivity index (χ1) is 18.8. The van der Waals surface area contributed by atoms with Gasteiger partial charge in [0.15, 0.2) is 0 Å². The lowest BCUT2D eigenvalue weighted by Crippen LogP contribution is -2.37. The summed E-state index contributed by atoms with van der Waals surface area (Å²) in [5, 5.41) is 0.818. The predicted molar refractivity (Wildman–Crippen MR) is 136 cm³/mol. The normalized spacial score (nSPS) is 13.3. The highest BCUT2D eigenvalue weighted by Crippen LogP contribution is 2.39. The number of ether oxygens (including phenoxy) is 1. The van der Waals surface area contributed by atoms with Crippen LogP contribution in [0.4, 0.5) is 26.3 Å². The van der Waals surface area contributed by atoms with Gasteiger partial charge in [-0.15, -0.1) is 0 Å². The number of rotatable bonds is 4. The van der Waals surface area contributed by atoms with Crippen molar-refractivity contribution in [3.63, 3.8) is 0 Å². The van der Waals surface area contributed by atoms with Gasteiger partial charge in [0, 0.05) is 29.6 Å². The molecular formula is C28H19ClF6N2O3. The van der Waals surface area contributed by atoms with E-state index >= 15 is 0 Å². The summed E-state index contributed by atoms with van der Waals surface area (Å²) in [5.74, 6) is -0.450. The van der Waals surface area contributed by atoms with E-state index < -0.39 is 47.1 Å². The molecule has 1 aliphatic heterocycles. The summed E-state index contributed by atoms with van der Waals surface area (Å²) in [6.07, 6.45) is -10.1. The zero-order chi connectivity index (χ0) is 29.0. The Morgan fingerprint density at radius 2 is 1.62 bits per heavy atom. The van der Waals surface area contributed by atoms with Gasteiger partial charge < -0.3 is 14.2 Å². The number of pyridine rings is 1. The Labute approximate surface area is 228 Å². The molecule has 1 amide bonds. The van der Waals surface area contributed by atoms with Gasteiger partial charge in [-0.2, -0.15) is 26.3 Å². The maximum absolute atomic E-state index is 13.8. The highest BCUT2D eigenvalue weighted by Gasteiger charge is 2.37. The monoisotopic (exact) mass is 580 g/mol. The maximum atomic E-state index is 13.8. The fraction of sp³-hybridized carbons (Fsp3) is 0.214. The van der Waals surface area contributed by atoms with Crippen LogP contribution in [0.15, 0.2) is 65.5 Å². The zero-order valence-electron chi connectivity index (χ0n) is 20.7. The summed E-state index contributed by atoms with van der Waals surface area (Å²) in [6, 6.07) is 12.6. The maximum Gasteiger partial charge on any atom is 0.416 e. The summed E-state index contributed by atoms with van der Waals surface area (Å²) in [5.41, 5.74) is -3.26. The van der Waals surface area contributed by atoms with Gasteiger partial charge >= 0.3 is 12.4 Å². The topological polar surface area (TPSA) is 51.5 Å². The number of aromatic nitrogens is 1. The molecule has 0 fully saturated rings. The number of halogens is 7. The molecule has 1 aromatic heterocycles. The summed E-state index contributed by atoms with van der Waals surface area (Å²) in [6.45, 7) is -0.327. The average Bonchev–Trinajstić information content (AvgIpc) is 2.89. The second kappa shape index (κ2) is 9.88. The van der Waals surface area contributed by atoms with Gasteiger partial charge in [-0.25, -0.2) is 0 Å². The third kappa shape index (κ3) is 5.01. The van der Waals surface area contributed by atoms with E-state index in [4.69, 9.17) is 16.3 Å². The van der Waals surface area contributed by atoms with Crippen LogP contribution in [0.5, 0.6) is 5.75 Å². The van der Waals surface area contributed by atoms with Crippen molar-refractivity contribution in [1.82, 2.24) is 9.47 Å². The second-order valence-corrected chi connectivity index (χ2v) is 9.73. The lowest BCUT2D eigenvalue weighted by atomic mass is 9.94. The van der Waals surface area contributed by atoms with Gasteiger partial charge in [-0.1, -0.05) is 35.9 Å². The molecule has 12 heteroatoms. The van der Waals surface area contributed by atoms with Gasteiger partial charge in [-0.05, 0) is 47.5 Å². The van der Waals surface area contributed by atoms with Crippen LogP contribution in [-0.4, -0.2) is 29.0 Å². The molecule has 4 aromatic rings. The Kier molecular flexibility index (Phi) is 6.81. The fourth-order valence-corrected chi connectivity index (χ4v) is 5.04. The Morgan fingerprint density at radius 1 is 0.975 bits per heavy atom. The minimum atomic E-state index is -5.04. The number of alkyl halides is 6. The van der Waals surface area contributed by atoms with Crippen molar-refractivity contribution in [2.45, 2.75) is 25.4 Å². The summed E-state index contributed by atoms with van der Waals surface area (Å²) in [4.78, 5) is 28.5. The van der Waals surface area contributed by atoms with Crippen molar-refractivity contribution >= 4 is 28.4 Å². The molecule has 3 aromatic carbocycles. The molecule has 2 heterocycles. The third-order valence-corrected chi connectivity index (χ3v) is 6.80. The predicted octanol–water partition coefficient (Wildman–Crippen LogP) is 7.02. The SMILES string of the molecule is CN(Cc1cc(C(F)(F)F)cc(C(F)(F)F)c1)C(=O)c1c(-c2cccc(Cl)c2)c2cccc3c2n(c1=O)CCO3. The molecule has 0 aliphatic carbocycles. The van der Waals surface area contributed by atoms with E-state index in [0.29, 0.717) is 39.4 Å². The van der Waals surface area contributed by atoms with Crippen LogP contribution in [0.1, 0.15) is 27.0 Å². The molecule has 0 N–H and O–H groups in total. The van der Waals surface area contributed by atoms with Crippen molar-refractivity contribution in [2.24, 2.45) is 0 Å². The van der Waals surface area contributed by atoms with Gasteiger partial charge in [0.2, 0.25) is 0 Å². The molecule has 0 radical (unpaired) electrons. The highest BCUT2D eigenvalue weighted by molar-refractivity contribution is 6.31. The zero-order valence-corrected chi connectivity index (χ0v) is 21.4. The molecule has 0 bridgehead atoms. The molecule has 208 valence electrons. The molecule has 0 unspecified atom stereocenters. The highest BCUT2D eigenvalue weighted by atomic mass is 35.5. The molecular weight excluding hydrogens is 562 g/mol. The fourth-order valence-electron chi connectivity index (χ4n) is 4.85. The minimum absolute atomic E-state index is 0.0166. The number of hydrogen-bond acceptors (Lipinski definition) is 3. The molecule has 40 heavy (non-hydrogen) atoms. The number of amides is 1. The molecule has 1 aliphatic rings. The quantitative estimate of drug-likeness (QED) is 0.244. The van der Waals surface area contributed by atoms with Gasteiger partial charge in [-0.3, -0.25) is 9.59 Å². The van der Waals surface area contributed by atoms with Gasteiger partial charge in [0.1, 0.15) is 17.9 Å². The van der Waals surface area contributed by atoms with Crippen molar-refractivity contribution in [3.05, 3.63) is 98.3 Å². The second-order valence-electron chi connectivity index (χ2n) is 9.29. The van der Waals surface area contributed by atoms with E-state index in [-0.39, 0.29) is 30.3 Å². The Balaban J connectivity index is 1.67. The number of carbonyl (C=O) groups excluding carboxylic acids is 1. The standard InChI is InChI=1S/C28H19ClF6N2O3/c1-36(14-15-10-17(27(30,31)32)13-18(11-15)28(33,34)35)25(38)23-22(16-4-2-5-19(29)12-16)20-6-3-7-21-24(20)37(26(23)39)8-9-40-21/h2-7,10-13H,8-9,14H2,1H3. The van der Waals surface area contributed by atoms with Gasteiger partial charge in [0.25, 0.3) is 11.5 Å². The van der Waals surface area contributed by atoms with E-state index in [1.54, 1.807) is 42.5 Å². The number of nitrogens with zero attached hydrogens (tertiary/aromatic N) is 2. The first-order valence-corrected chi connectivity index (χ1v) is 12.3. The van der Waals surface area contributed by atoms with Crippen LogP contribution in [0, 0.1) is 0 Å². The first kappa shape index (κ1) is 27.6.